The Labute approximate surface area is 108 Å². The van der Waals surface area contributed by atoms with Crippen LogP contribution in [0.2, 0.25) is 0 Å². The van der Waals surface area contributed by atoms with Gasteiger partial charge in [-0.05, 0) is 25.8 Å². The fourth-order valence-electron chi connectivity index (χ4n) is 2.73. The van der Waals surface area contributed by atoms with E-state index in [2.05, 4.69) is 28.5 Å². The molecule has 0 aromatic rings. The molecule has 2 aliphatic rings. The van der Waals surface area contributed by atoms with Crippen molar-refractivity contribution in [3.05, 3.63) is 11.3 Å². The number of hydrogen-bond acceptors (Lipinski definition) is 4. The minimum absolute atomic E-state index is 0.161. The third kappa shape index (κ3) is 2.57. The van der Waals surface area contributed by atoms with E-state index in [9.17, 15) is 8.42 Å². The number of rotatable bonds is 3. The molecule has 6 nitrogen and oxygen atoms in total. The Bertz CT molecular complexity index is 509. The van der Waals surface area contributed by atoms with Crippen molar-refractivity contribution in [3.8, 4) is 0 Å². The van der Waals surface area contributed by atoms with E-state index in [0.717, 1.165) is 12.3 Å². The van der Waals surface area contributed by atoms with Crippen LogP contribution >= 0.6 is 0 Å². The highest BCUT2D eigenvalue weighted by atomic mass is 32.2. The summed E-state index contributed by atoms with van der Waals surface area (Å²) in [5.41, 5.74) is 2.43. The SMILES string of the molecule is CC[C@H]1N=C(C)N2C[C@H](NS(N)(=O)=O)CC2=C1C. The molecule has 1 fully saturated rings. The second kappa shape index (κ2) is 4.64. The first kappa shape index (κ1) is 13.5. The highest BCUT2D eigenvalue weighted by Gasteiger charge is 2.34. The molecule has 1 saturated heterocycles. The topological polar surface area (TPSA) is 87.8 Å². The largest absolute Gasteiger partial charge is 0.332 e. The highest BCUT2D eigenvalue weighted by molar-refractivity contribution is 7.87. The van der Waals surface area contributed by atoms with Gasteiger partial charge < -0.3 is 4.90 Å². The van der Waals surface area contributed by atoms with Gasteiger partial charge in [0.05, 0.1) is 6.04 Å². The summed E-state index contributed by atoms with van der Waals surface area (Å²) < 4.78 is 24.6. The molecule has 102 valence electrons. The molecule has 2 rings (SSSR count). The molecule has 0 aromatic heterocycles. The lowest BCUT2D eigenvalue weighted by atomic mass is 10.0. The van der Waals surface area contributed by atoms with Gasteiger partial charge in [-0.25, -0.2) is 5.14 Å². The molecule has 0 saturated carbocycles. The predicted octanol–water partition coefficient (Wildman–Crippen LogP) is 0.338. The summed E-state index contributed by atoms with van der Waals surface area (Å²) in [5, 5.41) is 5.02. The van der Waals surface area contributed by atoms with Gasteiger partial charge >= 0.3 is 0 Å². The Morgan fingerprint density at radius 1 is 1.50 bits per heavy atom. The first-order valence-electron chi connectivity index (χ1n) is 6.13. The highest BCUT2D eigenvalue weighted by Crippen LogP contribution is 2.32. The lowest BCUT2D eigenvalue weighted by Crippen LogP contribution is -2.41. The summed E-state index contributed by atoms with van der Waals surface area (Å²) in [5.74, 6) is 0.959. The van der Waals surface area contributed by atoms with Crippen LogP contribution in [0.1, 0.15) is 33.6 Å². The lowest BCUT2D eigenvalue weighted by molar-refractivity contribution is 0.504. The number of nitrogens with one attached hydrogen (secondary N) is 1. The average molecular weight is 272 g/mol. The first-order chi connectivity index (χ1) is 8.31. The zero-order valence-electron chi connectivity index (χ0n) is 11.0. The fraction of sp³-hybridized carbons (Fsp3) is 0.727. The summed E-state index contributed by atoms with van der Waals surface area (Å²) in [6.45, 7) is 6.76. The van der Waals surface area contributed by atoms with Crippen molar-refractivity contribution < 1.29 is 8.42 Å². The molecule has 2 atom stereocenters. The molecule has 0 aromatic carbocycles. The van der Waals surface area contributed by atoms with Gasteiger partial charge in [-0.15, -0.1) is 0 Å². The van der Waals surface area contributed by atoms with Crippen LogP contribution in [0.3, 0.4) is 0 Å². The van der Waals surface area contributed by atoms with Gasteiger partial charge in [-0.3, -0.25) is 4.99 Å². The smallest absolute Gasteiger partial charge is 0.274 e. The average Bonchev–Trinajstić information content (AvgIpc) is 2.65. The van der Waals surface area contributed by atoms with E-state index in [4.69, 9.17) is 5.14 Å². The molecule has 7 heteroatoms. The van der Waals surface area contributed by atoms with Crippen molar-refractivity contribution in [1.29, 1.82) is 0 Å². The predicted molar refractivity (Wildman–Crippen MR) is 71.2 cm³/mol. The van der Waals surface area contributed by atoms with Crippen molar-refractivity contribution >= 4 is 16.0 Å². The van der Waals surface area contributed by atoms with Crippen molar-refractivity contribution in [2.75, 3.05) is 6.54 Å². The van der Waals surface area contributed by atoms with E-state index < -0.39 is 10.2 Å². The second-order valence-corrected chi connectivity index (χ2v) is 6.23. The first-order valence-corrected chi connectivity index (χ1v) is 7.68. The van der Waals surface area contributed by atoms with Crippen LogP contribution in [0.15, 0.2) is 16.3 Å². The molecule has 2 heterocycles. The maximum Gasteiger partial charge on any atom is 0.274 e. The van der Waals surface area contributed by atoms with Gasteiger partial charge in [0.2, 0.25) is 0 Å². The van der Waals surface area contributed by atoms with Crippen LogP contribution in [0.5, 0.6) is 0 Å². The molecule has 18 heavy (non-hydrogen) atoms. The van der Waals surface area contributed by atoms with Crippen LogP contribution in [-0.2, 0) is 10.2 Å². The van der Waals surface area contributed by atoms with E-state index in [1.807, 2.05) is 6.92 Å². The van der Waals surface area contributed by atoms with Crippen LogP contribution in [0, 0.1) is 0 Å². The van der Waals surface area contributed by atoms with Crippen LogP contribution in [-0.4, -0.2) is 37.8 Å². The molecular formula is C11H20N4O2S. The van der Waals surface area contributed by atoms with E-state index in [0.29, 0.717) is 13.0 Å². The summed E-state index contributed by atoms with van der Waals surface area (Å²) in [6.07, 6.45) is 1.65. The maximum absolute atomic E-state index is 11.1. The van der Waals surface area contributed by atoms with Crippen LogP contribution < -0.4 is 9.86 Å². The van der Waals surface area contributed by atoms with Gasteiger partial charge in [-0.2, -0.15) is 13.1 Å². The van der Waals surface area contributed by atoms with Gasteiger partial charge in [0.1, 0.15) is 5.84 Å². The normalized spacial score (nSPS) is 28.4. The Morgan fingerprint density at radius 3 is 2.72 bits per heavy atom. The minimum Gasteiger partial charge on any atom is -0.332 e. The quantitative estimate of drug-likeness (QED) is 0.776. The Balaban J connectivity index is 2.23. The Kier molecular flexibility index (Phi) is 3.48. The minimum atomic E-state index is -3.64. The van der Waals surface area contributed by atoms with Crippen molar-refractivity contribution in [1.82, 2.24) is 9.62 Å². The maximum atomic E-state index is 11.1. The Morgan fingerprint density at radius 2 is 2.17 bits per heavy atom. The fourth-order valence-corrected chi connectivity index (χ4v) is 3.36. The second-order valence-electron chi connectivity index (χ2n) is 4.90. The Hall–Kier alpha value is -0.920. The summed E-state index contributed by atoms with van der Waals surface area (Å²) >= 11 is 0. The summed E-state index contributed by atoms with van der Waals surface area (Å²) in [6, 6.07) is 0.0650. The van der Waals surface area contributed by atoms with Crippen LogP contribution in [0.4, 0.5) is 0 Å². The molecule has 0 spiro atoms. The molecule has 0 bridgehead atoms. The van der Waals surface area contributed by atoms with E-state index >= 15 is 0 Å². The number of aliphatic imine (C=N–C) groups is 1. The summed E-state index contributed by atoms with van der Waals surface area (Å²) in [4.78, 5) is 6.72. The van der Waals surface area contributed by atoms with Crippen molar-refractivity contribution in [3.63, 3.8) is 0 Å². The number of nitrogens with zero attached hydrogens (tertiary/aromatic N) is 2. The molecule has 0 amide bonds. The zero-order chi connectivity index (χ0) is 13.5. The van der Waals surface area contributed by atoms with Gasteiger partial charge in [0, 0.05) is 24.7 Å². The molecule has 2 aliphatic heterocycles. The number of amidine groups is 1. The van der Waals surface area contributed by atoms with Gasteiger partial charge in [-0.1, -0.05) is 6.92 Å². The molecule has 0 aliphatic carbocycles. The van der Waals surface area contributed by atoms with Gasteiger partial charge in [0.25, 0.3) is 10.2 Å². The molecule has 3 N–H and O–H groups in total. The number of nitrogens with two attached hydrogens (primary N) is 1. The summed E-state index contributed by atoms with van der Waals surface area (Å²) in [7, 11) is -3.64. The van der Waals surface area contributed by atoms with Crippen molar-refractivity contribution in [2.24, 2.45) is 10.1 Å². The standard InChI is InChI=1S/C11H20N4O2S/c1-4-10-7(2)11-5-9(14-18(12,16)17)6-15(11)8(3)13-10/h9-10,14H,4-6H2,1-3H3,(H2,12,16,17)/t9-,10-/m1/s1. The third-order valence-electron chi connectivity index (χ3n) is 3.57. The van der Waals surface area contributed by atoms with E-state index in [1.54, 1.807) is 0 Å². The molecule has 0 radical (unpaired) electrons. The molecular weight excluding hydrogens is 252 g/mol. The monoisotopic (exact) mass is 272 g/mol. The van der Waals surface area contributed by atoms with Crippen LogP contribution in [0.25, 0.3) is 0 Å². The number of hydrogen-bond donors (Lipinski definition) is 2. The van der Waals surface area contributed by atoms with Gasteiger partial charge in [0.15, 0.2) is 0 Å². The molecule has 0 unspecified atom stereocenters. The van der Waals surface area contributed by atoms with Crippen molar-refractivity contribution in [2.45, 2.75) is 45.7 Å². The number of fused-ring (bicyclic) bond motifs is 1. The van der Waals surface area contributed by atoms with E-state index in [-0.39, 0.29) is 12.1 Å². The third-order valence-corrected chi connectivity index (χ3v) is 4.24. The lowest BCUT2D eigenvalue weighted by Gasteiger charge is -2.29. The zero-order valence-corrected chi connectivity index (χ0v) is 11.8. The van der Waals surface area contributed by atoms with E-state index in [1.165, 1.54) is 11.3 Å².